The van der Waals surface area contributed by atoms with Crippen LogP contribution in [0.15, 0.2) is 47.4 Å². The molecule has 166 valence electrons. The molecule has 0 aromatic heterocycles. The molecule has 0 aliphatic carbocycles. The highest BCUT2D eigenvalue weighted by Gasteiger charge is 2.28. The van der Waals surface area contributed by atoms with E-state index >= 15 is 0 Å². The molecule has 2 aromatic rings. The second-order valence-corrected chi connectivity index (χ2v) is 9.39. The molecule has 0 radical (unpaired) electrons. The molecule has 0 amide bonds. The molecule has 0 N–H and O–H groups in total. The van der Waals surface area contributed by atoms with Crippen LogP contribution in [0.5, 0.6) is 5.75 Å². The average Bonchev–Trinajstić information content (AvgIpc) is 2.77. The smallest absolute Gasteiger partial charge is 0.338 e. The quantitative estimate of drug-likeness (QED) is 0.476. The van der Waals surface area contributed by atoms with Gasteiger partial charge in [-0.05, 0) is 61.2 Å². The van der Waals surface area contributed by atoms with Crippen LogP contribution in [0.2, 0.25) is 0 Å². The van der Waals surface area contributed by atoms with Gasteiger partial charge in [0, 0.05) is 13.1 Å². The summed E-state index contributed by atoms with van der Waals surface area (Å²) < 4.78 is 50.4. The van der Waals surface area contributed by atoms with E-state index in [9.17, 15) is 22.4 Å². The first-order chi connectivity index (χ1) is 14.7. The Morgan fingerprint density at radius 1 is 1.10 bits per heavy atom. The third kappa shape index (κ3) is 5.29. The van der Waals surface area contributed by atoms with Crippen LogP contribution in [-0.4, -0.2) is 51.3 Å². The molecule has 3 rings (SSSR count). The number of esters is 1. The Labute approximate surface area is 180 Å². The van der Waals surface area contributed by atoms with Gasteiger partial charge in [-0.2, -0.15) is 4.31 Å². The zero-order chi connectivity index (χ0) is 22.6. The predicted molar refractivity (Wildman–Crippen MR) is 111 cm³/mol. The number of benzene rings is 2. The van der Waals surface area contributed by atoms with Crippen LogP contribution < -0.4 is 4.74 Å². The zero-order valence-electron chi connectivity index (χ0n) is 17.3. The van der Waals surface area contributed by atoms with Gasteiger partial charge < -0.3 is 9.47 Å². The van der Waals surface area contributed by atoms with Gasteiger partial charge in [0.15, 0.2) is 6.61 Å². The van der Waals surface area contributed by atoms with Crippen LogP contribution >= 0.6 is 0 Å². The molecule has 1 saturated heterocycles. The molecule has 0 atom stereocenters. The van der Waals surface area contributed by atoms with E-state index < -0.39 is 34.2 Å². The van der Waals surface area contributed by atoms with Crippen LogP contribution in [0.25, 0.3) is 0 Å². The fourth-order valence-corrected chi connectivity index (χ4v) is 4.80. The van der Waals surface area contributed by atoms with Gasteiger partial charge in [-0.3, -0.25) is 4.79 Å². The van der Waals surface area contributed by atoms with Crippen LogP contribution in [0.4, 0.5) is 4.39 Å². The van der Waals surface area contributed by atoms with Crippen molar-refractivity contribution in [3.63, 3.8) is 0 Å². The number of carbonyl (C=O) groups is 2. The molecule has 1 fully saturated rings. The molecule has 0 spiro atoms. The Kier molecular flexibility index (Phi) is 7.07. The van der Waals surface area contributed by atoms with Gasteiger partial charge >= 0.3 is 5.97 Å². The topological polar surface area (TPSA) is 90.0 Å². The van der Waals surface area contributed by atoms with Crippen LogP contribution in [0.3, 0.4) is 0 Å². The molecular formula is C22H24FNO6S. The molecule has 1 aliphatic rings. The lowest BCUT2D eigenvalue weighted by molar-refractivity contribution is 0.0474. The Bertz CT molecular complexity index is 1060. The minimum absolute atomic E-state index is 0.0346. The van der Waals surface area contributed by atoms with Gasteiger partial charge in [0.05, 0.1) is 23.1 Å². The normalized spacial score (nSPS) is 15.5. The van der Waals surface area contributed by atoms with Gasteiger partial charge in [-0.15, -0.1) is 0 Å². The number of halogens is 1. The van der Waals surface area contributed by atoms with Crippen molar-refractivity contribution < 1.29 is 31.9 Å². The number of piperidine rings is 1. The third-order valence-electron chi connectivity index (χ3n) is 5.27. The fraction of sp³-hybridized carbons (Fsp3) is 0.364. The van der Waals surface area contributed by atoms with E-state index in [4.69, 9.17) is 9.47 Å². The largest absolute Gasteiger partial charge is 0.496 e. The number of carbonyl (C=O) groups excluding carboxylic acids is 2. The molecule has 31 heavy (non-hydrogen) atoms. The van der Waals surface area contributed by atoms with Gasteiger partial charge in [-0.25, -0.2) is 17.6 Å². The van der Waals surface area contributed by atoms with E-state index in [0.29, 0.717) is 19.0 Å². The molecule has 0 saturated carbocycles. The lowest BCUT2D eigenvalue weighted by Crippen LogP contribution is -2.37. The van der Waals surface area contributed by atoms with Gasteiger partial charge in [0.2, 0.25) is 15.8 Å². The Hall–Kier alpha value is -2.78. The SMILES string of the molecule is COc1ccc(F)cc1C(=O)COC(=O)c1ccc(S(=O)(=O)N2CCC(C)CC2)cc1. The number of ether oxygens (including phenoxy) is 2. The first kappa shape index (κ1) is 22.9. The molecule has 2 aromatic carbocycles. The van der Waals surface area contributed by atoms with Crippen molar-refractivity contribution >= 4 is 21.8 Å². The Morgan fingerprint density at radius 2 is 1.74 bits per heavy atom. The second kappa shape index (κ2) is 9.57. The molecule has 9 heteroatoms. The number of nitrogens with zero attached hydrogens (tertiary/aromatic N) is 1. The van der Waals surface area contributed by atoms with Crippen molar-refractivity contribution in [1.82, 2.24) is 4.31 Å². The van der Waals surface area contributed by atoms with E-state index in [1.165, 1.54) is 41.7 Å². The molecule has 1 aliphatic heterocycles. The first-order valence-corrected chi connectivity index (χ1v) is 11.3. The molecule has 0 bridgehead atoms. The zero-order valence-corrected chi connectivity index (χ0v) is 18.2. The number of hydrogen-bond acceptors (Lipinski definition) is 6. The minimum Gasteiger partial charge on any atom is -0.496 e. The van der Waals surface area contributed by atoms with E-state index in [-0.39, 0.29) is 21.8 Å². The van der Waals surface area contributed by atoms with Crippen LogP contribution in [0.1, 0.15) is 40.5 Å². The summed E-state index contributed by atoms with van der Waals surface area (Å²) in [6.07, 6.45) is 1.63. The fourth-order valence-electron chi connectivity index (χ4n) is 3.33. The lowest BCUT2D eigenvalue weighted by atomic mass is 10.0. The van der Waals surface area contributed by atoms with Crippen molar-refractivity contribution in [1.29, 1.82) is 0 Å². The summed E-state index contributed by atoms with van der Waals surface area (Å²) in [6, 6.07) is 8.86. The highest BCUT2D eigenvalue weighted by Crippen LogP contribution is 2.24. The van der Waals surface area contributed by atoms with Crippen molar-refractivity contribution in [2.24, 2.45) is 5.92 Å². The molecular weight excluding hydrogens is 425 g/mol. The van der Waals surface area contributed by atoms with Crippen molar-refractivity contribution in [2.45, 2.75) is 24.7 Å². The maximum absolute atomic E-state index is 13.4. The lowest BCUT2D eigenvalue weighted by Gasteiger charge is -2.29. The van der Waals surface area contributed by atoms with Crippen LogP contribution in [0, 0.1) is 11.7 Å². The number of ketones is 1. The molecule has 7 nitrogen and oxygen atoms in total. The maximum atomic E-state index is 13.4. The minimum atomic E-state index is -3.62. The predicted octanol–water partition coefficient (Wildman–Crippen LogP) is 3.29. The van der Waals surface area contributed by atoms with Gasteiger partial charge in [0.25, 0.3) is 0 Å². The standard InChI is InChI=1S/C22H24FNO6S/c1-15-9-11-24(12-10-15)31(27,28)18-6-3-16(4-7-18)22(26)30-14-20(25)19-13-17(23)5-8-21(19)29-2/h3-8,13,15H,9-12,14H2,1-2H3. The molecule has 0 unspecified atom stereocenters. The van der Waals surface area contributed by atoms with Gasteiger partial charge in [-0.1, -0.05) is 6.92 Å². The highest BCUT2D eigenvalue weighted by atomic mass is 32.2. The third-order valence-corrected chi connectivity index (χ3v) is 7.18. The molecule has 1 heterocycles. The average molecular weight is 450 g/mol. The van der Waals surface area contributed by atoms with Crippen molar-refractivity contribution in [2.75, 3.05) is 26.8 Å². The summed E-state index contributed by atoms with van der Waals surface area (Å²) in [6.45, 7) is 2.43. The van der Waals surface area contributed by atoms with Crippen molar-refractivity contribution in [3.05, 3.63) is 59.4 Å². The maximum Gasteiger partial charge on any atom is 0.338 e. The summed E-state index contributed by atoms with van der Waals surface area (Å²) in [5.74, 6) is -1.36. The first-order valence-electron chi connectivity index (χ1n) is 9.86. The summed E-state index contributed by atoms with van der Waals surface area (Å²) in [4.78, 5) is 24.6. The highest BCUT2D eigenvalue weighted by molar-refractivity contribution is 7.89. The monoisotopic (exact) mass is 449 g/mol. The van der Waals surface area contributed by atoms with E-state index in [0.717, 1.165) is 25.0 Å². The van der Waals surface area contributed by atoms with E-state index in [2.05, 4.69) is 6.92 Å². The number of methoxy groups -OCH3 is 1. The number of hydrogen-bond donors (Lipinski definition) is 0. The van der Waals surface area contributed by atoms with Crippen molar-refractivity contribution in [3.8, 4) is 5.75 Å². The van der Waals surface area contributed by atoms with Crippen LogP contribution in [-0.2, 0) is 14.8 Å². The number of sulfonamides is 1. The summed E-state index contributed by atoms with van der Waals surface area (Å²) in [5, 5.41) is 0. The van der Waals surface area contributed by atoms with E-state index in [1.54, 1.807) is 0 Å². The summed E-state index contributed by atoms with van der Waals surface area (Å²) in [7, 11) is -2.28. The Balaban J connectivity index is 1.64. The second-order valence-electron chi connectivity index (χ2n) is 7.45. The number of rotatable bonds is 7. The Morgan fingerprint density at radius 3 is 2.35 bits per heavy atom. The van der Waals surface area contributed by atoms with Gasteiger partial charge in [0.1, 0.15) is 11.6 Å². The number of Topliss-reactive ketones (excluding diaryl/α,β-unsaturated/α-hetero) is 1. The summed E-state index contributed by atoms with van der Waals surface area (Å²) >= 11 is 0. The summed E-state index contributed by atoms with van der Waals surface area (Å²) in [5.41, 5.74) is 0.0674. The van der Waals surface area contributed by atoms with E-state index in [1.807, 2.05) is 0 Å².